The Labute approximate surface area is 68.0 Å². The molecule has 0 radical (unpaired) electrons. The molecule has 66 valence electrons. The third-order valence-electron chi connectivity index (χ3n) is 1.77. The first-order valence-corrected chi connectivity index (χ1v) is 4.76. The summed E-state index contributed by atoms with van der Waals surface area (Å²) in [6.45, 7) is 9.28. The van der Waals surface area contributed by atoms with Crippen molar-refractivity contribution >= 4 is 8.25 Å². The molecule has 0 aliphatic rings. The Morgan fingerprint density at radius 2 is 2.09 bits per heavy atom. The second-order valence-corrected chi connectivity index (χ2v) is 3.49. The van der Waals surface area contributed by atoms with E-state index in [-0.39, 0.29) is 12.0 Å². The molecule has 0 bridgehead atoms. The Kier molecular flexibility index (Phi) is 4.66. The van der Waals surface area contributed by atoms with Crippen molar-refractivity contribution in [2.75, 3.05) is 0 Å². The topological polar surface area (TPSA) is 46.5 Å². The van der Waals surface area contributed by atoms with E-state index in [1.54, 1.807) is 6.92 Å². The Hall–Kier alpha value is -0.110. The highest BCUT2D eigenvalue weighted by molar-refractivity contribution is 7.32. The van der Waals surface area contributed by atoms with Gasteiger partial charge < -0.3 is 9.42 Å². The van der Waals surface area contributed by atoms with Crippen molar-refractivity contribution in [2.45, 2.75) is 26.9 Å². The van der Waals surface area contributed by atoms with Gasteiger partial charge in [-0.1, -0.05) is 19.1 Å². The second-order valence-electron chi connectivity index (χ2n) is 2.72. The molecule has 0 aliphatic carbocycles. The van der Waals surface area contributed by atoms with E-state index in [4.69, 9.17) is 9.42 Å². The summed E-state index contributed by atoms with van der Waals surface area (Å²) in [5.41, 5.74) is 0.959. The highest BCUT2D eigenvalue weighted by Gasteiger charge is 2.14. The lowest BCUT2D eigenvalue weighted by Crippen LogP contribution is -2.15. The molecular weight excluding hydrogens is 163 g/mol. The highest BCUT2D eigenvalue weighted by atomic mass is 31.1. The molecule has 11 heavy (non-hydrogen) atoms. The van der Waals surface area contributed by atoms with Gasteiger partial charge >= 0.3 is 8.25 Å². The minimum Gasteiger partial charge on any atom is -0.326 e. The maximum Gasteiger partial charge on any atom is 0.316 e. The highest BCUT2D eigenvalue weighted by Crippen LogP contribution is 2.24. The van der Waals surface area contributed by atoms with Crippen molar-refractivity contribution in [2.24, 2.45) is 5.92 Å². The summed E-state index contributed by atoms with van der Waals surface area (Å²) in [7, 11) is -2.80. The van der Waals surface area contributed by atoms with Crippen LogP contribution in [0.5, 0.6) is 0 Å². The van der Waals surface area contributed by atoms with Crippen LogP contribution in [0.2, 0.25) is 0 Å². The average Bonchev–Trinajstić information content (AvgIpc) is 1.84. The van der Waals surface area contributed by atoms with Crippen LogP contribution in [0.1, 0.15) is 20.8 Å². The molecule has 3 unspecified atom stereocenters. The zero-order chi connectivity index (χ0) is 9.02. The summed E-state index contributed by atoms with van der Waals surface area (Å²) in [6.07, 6.45) is -0.233. The maximum absolute atomic E-state index is 10.3. The van der Waals surface area contributed by atoms with Gasteiger partial charge in [-0.25, -0.2) is 0 Å². The van der Waals surface area contributed by atoms with Crippen molar-refractivity contribution in [3.8, 4) is 0 Å². The van der Waals surface area contributed by atoms with E-state index in [0.717, 1.165) is 5.57 Å². The average molecular weight is 178 g/mol. The van der Waals surface area contributed by atoms with Crippen LogP contribution in [-0.2, 0) is 9.09 Å². The summed E-state index contributed by atoms with van der Waals surface area (Å²) in [5.74, 6) is 0.121. The molecule has 0 aromatic carbocycles. The van der Waals surface area contributed by atoms with Crippen LogP contribution in [0.25, 0.3) is 0 Å². The van der Waals surface area contributed by atoms with Crippen LogP contribution < -0.4 is 0 Å². The largest absolute Gasteiger partial charge is 0.326 e. The van der Waals surface area contributed by atoms with Gasteiger partial charge in [0.15, 0.2) is 0 Å². The molecular formula is C7H15O3P. The van der Waals surface area contributed by atoms with Crippen LogP contribution in [0.15, 0.2) is 12.2 Å². The van der Waals surface area contributed by atoms with E-state index in [1.165, 1.54) is 0 Å². The van der Waals surface area contributed by atoms with Crippen molar-refractivity contribution in [1.82, 2.24) is 0 Å². The van der Waals surface area contributed by atoms with Crippen LogP contribution in [0, 0.1) is 5.92 Å². The van der Waals surface area contributed by atoms with Crippen molar-refractivity contribution in [3.63, 3.8) is 0 Å². The van der Waals surface area contributed by atoms with Crippen LogP contribution in [0.3, 0.4) is 0 Å². The van der Waals surface area contributed by atoms with E-state index in [1.807, 2.05) is 13.8 Å². The van der Waals surface area contributed by atoms with Gasteiger partial charge in [-0.3, -0.25) is 4.57 Å². The predicted octanol–water partition coefficient (Wildman–Crippen LogP) is 1.99. The SMILES string of the molecule is C=C(C)C(C)C(C)O[PH](=O)O. The van der Waals surface area contributed by atoms with Gasteiger partial charge in [0, 0.05) is 5.92 Å². The number of hydrogen-bond acceptors (Lipinski definition) is 2. The van der Waals surface area contributed by atoms with Gasteiger partial charge in [-0.05, 0) is 13.8 Å². The Bertz CT molecular complexity index is 167. The Morgan fingerprint density at radius 1 is 1.64 bits per heavy atom. The van der Waals surface area contributed by atoms with Gasteiger partial charge in [0.2, 0.25) is 0 Å². The monoisotopic (exact) mass is 178 g/mol. The first-order valence-electron chi connectivity index (χ1n) is 3.50. The van der Waals surface area contributed by atoms with Gasteiger partial charge in [0.1, 0.15) is 0 Å². The molecule has 0 rings (SSSR count). The van der Waals surface area contributed by atoms with Gasteiger partial charge in [-0.15, -0.1) is 0 Å². The summed E-state index contributed by atoms with van der Waals surface area (Å²) in [4.78, 5) is 8.45. The summed E-state index contributed by atoms with van der Waals surface area (Å²) in [5, 5.41) is 0. The zero-order valence-electron chi connectivity index (χ0n) is 7.13. The van der Waals surface area contributed by atoms with Crippen LogP contribution >= 0.6 is 8.25 Å². The standard InChI is InChI=1S/C7H15O3P/c1-5(2)6(3)7(4)10-11(8)9/h6-7,11H,1H2,2-4H3,(H,8,9). The maximum atomic E-state index is 10.3. The minimum absolute atomic E-state index is 0.121. The zero-order valence-corrected chi connectivity index (χ0v) is 8.13. The summed E-state index contributed by atoms with van der Waals surface area (Å²) < 4.78 is 15.0. The fourth-order valence-electron chi connectivity index (χ4n) is 0.662. The van der Waals surface area contributed by atoms with E-state index in [2.05, 4.69) is 6.58 Å². The Morgan fingerprint density at radius 3 is 2.36 bits per heavy atom. The minimum atomic E-state index is -2.80. The molecule has 4 heteroatoms. The molecule has 0 saturated carbocycles. The first-order chi connectivity index (χ1) is 4.95. The fourth-order valence-corrected chi connectivity index (χ4v) is 1.18. The lowest BCUT2D eigenvalue weighted by atomic mass is 9.99. The molecule has 0 amide bonds. The van der Waals surface area contributed by atoms with E-state index < -0.39 is 8.25 Å². The summed E-state index contributed by atoms with van der Waals surface area (Å²) >= 11 is 0. The van der Waals surface area contributed by atoms with E-state index in [9.17, 15) is 4.57 Å². The lowest BCUT2D eigenvalue weighted by molar-refractivity contribution is 0.168. The molecule has 0 heterocycles. The molecule has 0 aromatic rings. The summed E-state index contributed by atoms with van der Waals surface area (Å²) in [6, 6.07) is 0. The molecule has 1 N–H and O–H groups in total. The van der Waals surface area contributed by atoms with E-state index in [0.29, 0.717) is 0 Å². The third-order valence-corrected chi connectivity index (χ3v) is 2.34. The van der Waals surface area contributed by atoms with Crippen LogP contribution in [-0.4, -0.2) is 11.0 Å². The van der Waals surface area contributed by atoms with Crippen molar-refractivity contribution < 1.29 is 14.0 Å². The Balaban J connectivity index is 3.92. The van der Waals surface area contributed by atoms with Crippen molar-refractivity contribution in [3.05, 3.63) is 12.2 Å². The predicted molar refractivity (Wildman–Crippen MR) is 45.7 cm³/mol. The third kappa shape index (κ3) is 4.35. The number of hydrogen-bond donors (Lipinski definition) is 1. The van der Waals surface area contributed by atoms with E-state index >= 15 is 0 Å². The molecule has 3 nitrogen and oxygen atoms in total. The quantitative estimate of drug-likeness (QED) is 0.529. The molecule has 0 fully saturated rings. The first kappa shape index (κ1) is 10.9. The normalized spacial score (nSPS) is 18.9. The molecule has 0 aliphatic heterocycles. The fraction of sp³-hybridized carbons (Fsp3) is 0.714. The van der Waals surface area contributed by atoms with Gasteiger partial charge in [0.05, 0.1) is 6.10 Å². The number of rotatable bonds is 4. The second kappa shape index (κ2) is 4.70. The smallest absolute Gasteiger partial charge is 0.316 e. The molecule has 0 spiro atoms. The molecule has 0 saturated heterocycles. The van der Waals surface area contributed by atoms with Crippen molar-refractivity contribution in [1.29, 1.82) is 0 Å². The lowest BCUT2D eigenvalue weighted by Gasteiger charge is -2.18. The molecule has 0 aromatic heterocycles. The molecule has 3 atom stereocenters. The van der Waals surface area contributed by atoms with Crippen LogP contribution in [0.4, 0.5) is 0 Å². The van der Waals surface area contributed by atoms with Gasteiger partial charge in [0.25, 0.3) is 0 Å². The van der Waals surface area contributed by atoms with Gasteiger partial charge in [-0.2, -0.15) is 0 Å².